The summed E-state index contributed by atoms with van der Waals surface area (Å²) in [5.74, 6) is 0.324. The Labute approximate surface area is 122 Å². The van der Waals surface area contributed by atoms with Gasteiger partial charge in [0.05, 0.1) is 12.5 Å². The molecule has 20 heavy (non-hydrogen) atoms. The number of carbonyl (C=O) groups excluding carboxylic acids is 2. The van der Waals surface area contributed by atoms with Gasteiger partial charge in [-0.25, -0.2) is 0 Å². The number of rotatable bonds is 7. The zero-order chi connectivity index (χ0) is 15.0. The van der Waals surface area contributed by atoms with Crippen LogP contribution in [0.3, 0.4) is 0 Å². The van der Waals surface area contributed by atoms with Crippen LogP contribution in [-0.2, 0) is 14.3 Å². The van der Waals surface area contributed by atoms with Crippen LogP contribution in [0.4, 0.5) is 0 Å². The summed E-state index contributed by atoms with van der Waals surface area (Å²) in [5.41, 5.74) is 0. The van der Waals surface area contributed by atoms with E-state index in [0.29, 0.717) is 19.7 Å². The highest BCUT2D eigenvalue weighted by molar-refractivity contribution is 5.79. The van der Waals surface area contributed by atoms with Crippen LogP contribution in [-0.4, -0.2) is 36.5 Å². The minimum absolute atomic E-state index is 0.0188. The maximum atomic E-state index is 12.4. The molecule has 1 aliphatic heterocycles. The molecule has 0 radical (unpaired) electrons. The third-order valence-electron chi connectivity index (χ3n) is 4.17. The molecule has 0 aliphatic carbocycles. The fraction of sp³-hybridized carbons (Fsp3) is 0.875. The third kappa shape index (κ3) is 4.80. The van der Waals surface area contributed by atoms with Crippen molar-refractivity contribution in [3.8, 4) is 0 Å². The minimum Gasteiger partial charge on any atom is -0.466 e. The zero-order valence-corrected chi connectivity index (χ0v) is 13.2. The van der Waals surface area contributed by atoms with Crippen LogP contribution >= 0.6 is 0 Å². The number of likely N-dealkylation sites (tertiary alicyclic amines) is 1. The van der Waals surface area contributed by atoms with Crippen molar-refractivity contribution < 1.29 is 14.3 Å². The molecule has 116 valence electrons. The summed E-state index contributed by atoms with van der Waals surface area (Å²) in [6.45, 7) is 7.91. The van der Waals surface area contributed by atoms with E-state index in [2.05, 4.69) is 13.8 Å². The summed E-state index contributed by atoms with van der Waals surface area (Å²) in [6.07, 6.45) is 5.64. The molecule has 0 aromatic rings. The smallest absolute Gasteiger partial charge is 0.309 e. The van der Waals surface area contributed by atoms with Gasteiger partial charge in [-0.15, -0.1) is 0 Å². The van der Waals surface area contributed by atoms with Crippen LogP contribution in [0, 0.1) is 11.8 Å². The number of piperidine rings is 1. The van der Waals surface area contributed by atoms with E-state index < -0.39 is 0 Å². The number of carbonyl (C=O) groups is 2. The lowest BCUT2D eigenvalue weighted by Crippen LogP contribution is -2.43. The molecule has 1 atom stereocenters. The lowest BCUT2D eigenvalue weighted by atomic mass is 9.93. The van der Waals surface area contributed by atoms with E-state index in [0.717, 1.165) is 38.5 Å². The molecule has 1 saturated heterocycles. The van der Waals surface area contributed by atoms with Crippen LogP contribution < -0.4 is 0 Å². The Balaban J connectivity index is 2.43. The van der Waals surface area contributed by atoms with Crippen molar-refractivity contribution in [2.45, 2.75) is 59.3 Å². The van der Waals surface area contributed by atoms with Gasteiger partial charge in [0.1, 0.15) is 0 Å². The van der Waals surface area contributed by atoms with E-state index in [1.807, 2.05) is 11.8 Å². The number of hydrogen-bond acceptors (Lipinski definition) is 3. The Bertz CT molecular complexity index is 309. The Morgan fingerprint density at radius 1 is 1.20 bits per heavy atom. The summed E-state index contributed by atoms with van der Waals surface area (Å²) in [7, 11) is 0. The highest BCUT2D eigenvalue weighted by Gasteiger charge is 2.30. The topological polar surface area (TPSA) is 46.6 Å². The fourth-order valence-electron chi connectivity index (χ4n) is 2.81. The molecule has 0 aromatic heterocycles. The normalized spacial score (nSPS) is 17.9. The summed E-state index contributed by atoms with van der Waals surface area (Å²) < 4.78 is 5.06. The number of unbranched alkanes of at least 4 members (excludes halogenated alkanes) is 1. The van der Waals surface area contributed by atoms with Crippen LogP contribution in [0.2, 0.25) is 0 Å². The van der Waals surface area contributed by atoms with E-state index in [1.54, 1.807) is 0 Å². The van der Waals surface area contributed by atoms with Gasteiger partial charge >= 0.3 is 5.97 Å². The molecule has 1 aliphatic rings. The lowest BCUT2D eigenvalue weighted by molar-refractivity contribution is -0.151. The summed E-state index contributed by atoms with van der Waals surface area (Å²) in [5, 5.41) is 0. The van der Waals surface area contributed by atoms with Crippen molar-refractivity contribution in [1.29, 1.82) is 0 Å². The first-order chi connectivity index (χ1) is 9.63. The average Bonchev–Trinajstić information content (AvgIpc) is 2.48. The first-order valence-corrected chi connectivity index (χ1v) is 8.09. The lowest BCUT2D eigenvalue weighted by Gasteiger charge is -2.33. The zero-order valence-electron chi connectivity index (χ0n) is 13.2. The van der Waals surface area contributed by atoms with Gasteiger partial charge in [-0.3, -0.25) is 9.59 Å². The second-order valence-corrected chi connectivity index (χ2v) is 5.60. The Kier molecular flexibility index (Phi) is 7.63. The predicted octanol–water partition coefficient (Wildman–Crippen LogP) is 3.00. The molecule has 1 heterocycles. The van der Waals surface area contributed by atoms with E-state index in [9.17, 15) is 9.59 Å². The molecule has 0 bridgehead atoms. The second-order valence-electron chi connectivity index (χ2n) is 5.60. The minimum atomic E-state index is -0.0994. The van der Waals surface area contributed by atoms with E-state index in [1.165, 1.54) is 0 Å². The van der Waals surface area contributed by atoms with E-state index in [4.69, 9.17) is 4.74 Å². The molecule has 0 spiro atoms. The van der Waals surface area contributed by atoms with Crippen molar-refractivity contribution in [2.75, 3.05) is 19.7 Å². The van der Waals surface area contributed by atoms with Crippen LogP contribution in [0.5, 0.6) is 0 Å². The largest absolute Gasteiger partial charge is 0.466 e. The first kappa shape index (κ1) is 17.0. The Morgan fingerprint density at radius 2 is 1.85 bits per heavy atom. The predicted molar refractivity (Wildman–Crippen MR) is 79.2 cm³/mol. The summed E-state index contributed by atoms with van der Waals surface area (Å²) in [4.78, 5) is 26.1. The molecule has 0 N–H and O–H groups in total. The van der Waals surface area contributed by atoms with Crippen molar-refractivity contribution in [3.05, 3.63) is 0 Å². The molecular formula is C16H29NO3. The van der Waals surface area contributed by atoms with E-state index in [-0.39, 0.29) is 23.7 Å². The number of nitrogens with zero attached hydrogens (tertiary/aromatic N) is 1. The van der Waals surface area contributed by atoms with Gasteiger partial charge in [0.25, 0.3) is 0 Å². The Hall–Kier alpha value is -1.06. The van der Waals surface area contributed by atoms with Gasteiger partial charge in [-0.05, 0) is 32.6 Å². The third-order valence-corrected chi connectivity index (χ3v) is 4.17. The van der Waals surface area contributed by atoms with Crippen molar-refractivity contribution >= 4 is 11.9 Å². The molecular weight excluding hydrogens is 254 g/mol. The van der Waals surface area contributed by atoms with Gasteiger partial charge in [-0.1, -0.05) is 26.7 Å². The van der Waals surface area contributed by atoms with Gasteiger partial charge < -0.3 is 9.64 Å². The van der Waals surface area contributed by atoms with Gasteiger partial charge in [0, 0.05) is 19.0 Å². The highest BCUT2D eigenvalue weighted by Crippen LogP contribution is 2.23. The summed E-state index contributed by atoms with van der Waals surface area (Å²) >= 11 is 0. The molecule has 0 saturated carbocycles. The first-order valence-electron chi connectivity index (χ1n) is 8.09. The maximum absolute atomic E-state index is 12.4. The quantitative estimate of drug-likeness (QED) is 0.675. The van der Waals surface area contributed by atoms with Gasteiger partial charge in [0.2, 0.25) is 5.91 Å². The number of amides is 1. The molecule has 4 heteroatoms. The molecule has 1 rings (SSSR count). The standard InChI is InChI=1S/C16H29NO3/c1-4-7-8-13(5-2)15(18)17-11-9-14(10-12-17)16(19)20-6-3/h13-14H,4-12H2,1-3H3. The molecule has 4 nitrogen and oxygen atoms in total. The van der Waals surface area contributed by atoms with Crippen LogP contribution in [0.15, 0.2) is 0 Å². The highest BCUT2D eigenvalue weighted by atomic mass is 16.5. The van der Waals surface area contributed by atoms with Crippen molar-refractivity contribution in [3.63, 3.8) is 0 Å². The number of esters is 1. The van der Waals surface area contributed by atoms with Crippen LogP contribution in [0.25, 0.3) is 0 Å². The van der Waals surface area contributed by atoms with Crippen molar-refractivity contribution in [1.82, 2.24) is 4.90 Å². The molecule has 1 unspecified atom stereocenters. The fourth-order valence-corrected chi connectivity index (χ4v) is 2.81. The summed E-state index contributed by atoms with van der Waals surface area (Å²) in [6, 6.07) is 0. The molecule has 1 fully saturated rings. The number of ether oxygens (including phenoxy) is 1. The number of hydrogen-bond donors (Lipinski definition) is 0. The van der Waals surface area contributed by atoms with E-state index >= 15 is 0 Å². The second kappa shape index (κ2) is 8.98. The van der Waals surface area contributed by atoms with Crippen LogP contribution in [0.1, 0.15) is 59.3 Å². The average molecular weight is 283 g/mol. The maximum Gasteiger partial charge on any atom is 0.309 e. The SMILES string of the molecule is CCCCC(CC)C(=O)N1CCC(C(=O)OCC)CC1. The molecule has 0 aromatic carbocycles. The molecule has 1 amide bonds. The monoisotopic (exact) mass is 283 g/mol. The van der Waals surface area contributed by atoms with Gasteiger partial charge in [0.15, 0.2) is 0 Å². The Morgan fingerprint density at radius 3 is 2.35 bits per heavy atom. The van der Waals surface area contributed by atoms with Crippen molar-refractivity contribution in [2.24, 2.45) is 11.8 Å². The van der Waals surface area contributed by atoms with Gasteiger partial charge in [-0.2, -0.15) is 0 Å².